The van der Waals surface area contributed by atoms with Gasteiger partial charge in [-0.3, -0.25) is 5.16 Å². The van der Waals surface area contributed by atoms with E-state index in [0.29, 0.717) is 14.7 Å². The van der Waals surface area contributed by atoms with Crippen molar-refractivity contribution in [1.82, 2.24) is 0 Å². The fourth-order valence-corrected chi connectivity index (χ4v) is 1.60. The third kappa shape index (κ3) is 2.42. The first-order valence-electron chi connectivity index (χ1n) is 3.46. The Morgan fingerprint density at radius 1 is 1.22 bits per heavy atom. The summed E-state index contributed by atoms with van der Waals surface area (Å²) < 4.78 is 5.12. The summed E-state index contributed by atoms with van der Waals surface area (Å²) in [5.74, 6) is 0. The van der Waals surface area contributed by atoms with Crippen LogP contribution in [0.15, 0.2) is 0 Å². The van der Waals surface area contributed by atoms with E-state index in [1.165, 1.54) is 32.1 Å². The number of rotatable bonds is 2. The third-order valence-corrected chi connectivity index (χ3v) is 2.16. The zero-order chi connectivity index (χ0) is 6.53. The lowest BCUT2D eigenvalue weighted by atomic mass is 9.98. The lowest BCUT2D eigenvalue weighted by Crippen LogP contribution is -2.11. The van der Waals surface area contributed by atoms with E-state index in [1.54, 1.807) is 0 Å². The highest BCUT2D eigenvalue weighted by Gasteiger charge is 2.12. The van der Waals surface area contributed by atoms with E-state index in [2.05, 4.69) is 0 Å². The van der Waals surface area contributed by atoms with Crippen LogP contribution in [0.5, 0.6) is 0 Å². The van der Waals surface area contributed by atoms with E-state index in [1.807, 2.05) is 0 Å². The molecule has 0 atom stereocenters. The number of hydrogen-bond donors (Lipinski definition) is 1. The van der Waals surface area contributed by atoms with E-state index in [-0.39, 0.29) is 0 Å². The summed E-state index contributed by atoms with van der Waals surface area (Å²) in [6.07, 6.45) is 6.69. The van der Waals surface area contributed by atoms with E-state index < -0.39 is 0 Å². The molecule has 3 heteroatoms. The fraction of sp³-hybridized carbons (Fsp3) is 1.00. The Morgan fingerprint density at radius 3 is 2.44 bits per heavy atom. The molecule has 0 radical (unpaired) electrons. The molecule has 1 N–H and O–H groups in total. The van der Waals surface area contributed by atoms with Crippen molar-refractivity contribution >= 4 is 8.60 Å². The topological polar surface area (TPSA) is 33.1 Å². The zero-order valence-electron chi connectivity index (χ0n) is 5.47. The zero-order valence-corrected chi connectivity index (χ0v) is 6.36. The minimum absolute atomic E-state index is 0.348. The van der Waals surface area contributed by atoms with Crippen LogP contribution in [0.25, 0.3) is 0 Å². The Labute approximate surface area is 57.4 Å². The summed E-state index contributed by atoms with van der Waals surface area (Å²) in [4.78, 5) is 0. The standard InChI is InChI=1S/C6H12NOP/c7-9-8-6-4-2-1-3-5-6/h6-7H,1-5H2. The van der Waals surface area contributed by atoms with Crippen molar-refractivity contribution in [3.05, 3.63) is 0 Å². The Kier molecular flexibility index (Phi) is 3.16. The molecule has 0 unspecified atom stereocenters. The van der Waals surface area contributed by atoms with Gasteiger partial charge in [0.15, 0.2) is 8.60 Å². The second-order valence-corrected chi connectivity index (χ2v) is 2.85. The molecular formula is C6H12NOP. The monoisotopic (exact) mass is 145 g/mol. The highest BCUT2D eigenvalue weighted by Crippen LogP contribution is 2.22. The molecule has 0 aromatic heterocycles. The van der Waals surface area contributed by atoms with Crippen molar-refractivity contribution in [2.24, 2.45) is 0 Å². The largest absolute Gasteiger partial charge is 0.308 e. The van der Waals surface area contributed by atoms with Crippen LogP contribution in [-0.4, -0.2) is 6.10 Å². The van der Waals surface area contributed by atoms with Crippen molar-refractivity contribution in [3.8, 4) is 0 Å². The second kappa shape index (κ2) is 3.97. The quantitative estimate of drug-likeness (QED) is 0.595. The highest BCUT2D eigenvalue weighted by atomic mass is 31.1. The van der Waals surface area contributed by atoms with Gasteiger partial charge in [-0.15, -0.1) is 0 Å². The maximum Gasteiger partial charge on any atom is 0.169 e. The summed E-state index contributed by atoms with van der Waals surface area (Å²) in [6.45, 7) is 0. The van der Waals surface area contributed by atoms with E-state index >= 15 is 0 Å². The summed E-state index contributed by atoms with van der Waals surface area (Å²) >= 11 is 0. The molecule has 1 saturated carbocycles. The maximum absolute atomic E-state index is 6.79. The van der Waals surface area contributed by atoms with Crippen LogP contribution >= 0.6 is 8.60 Å². The van der Waals surface area contributed by atoms with Gasteiger partial charge in [0.05, 0.1) is 6.10 Å². The molecule has 1 fully saturated rings. The molecule has 9 heavy (non-hydrogen) atoms. The van der Waals surface area contributed by atoms with Crippen LogP contribution in [0, 0.1) is 5.16 Å². The van der Waals surface area contributed by atoms with Gasteiger partial charge in [0.1, 0.15) is 0 Å². The summed E-state index contributed by atoms with van der Waals surface area (Å²) in [6, 6.07) is 0. The average Bonchev–Trinajstić information content (AvgIpc) is 1.91. The van der Waals surface area contributed by atoms with E-state index in [4.69, 9.17) is 9.69 Å². The predicted molar refractivity (Wildman–Crippen MR) is 37.6 cm³/mol. The van der Waals surface area contributed by atoms with Crippen molar-refractivity contribution in [1.29, 1.82) is 5.16 Å². The Morgan fingerprint density at radius 2 is 1.89 bits per heavy atom. The number of nitrogens with one attached hydrogen (secondary N) is 1. The van der Waals surface area contributed by atoms with Crippen LogP contribution in [0.2, 0.25) is 0 Å². The first kappa shape index (κ1) is 7.17. The molecule has 0 spiro atoms. The van der Waals surface area contributed by atoms with Crippen LogP contribution in [0.1, 0.15) is 32.1 Å². The minimum atomic E-state index is 0.348. The summed E-state index contributed by atoms with van der Waals surface area (Å²) in [5.41, 5.74) is 0. The second-order valence-electron chi connectivity index (χ2n) is 2.46. The molecule has 0 saturated heterocycles. The molecule has 0 heterocycles. The lowest BCUT2D eigenvalue weighted by molar-refractivity contribution is 0.180. The van der Waals surface area contributed by atoms with Gasteiger partial charge in [0.2, 0.25) is 0 Å². The van der Waals surface area contributed by atoms with Crippen LogP contribution < -0.4 is 0 Å². The smallest absolute Gasteiger partial charge is 0.169 e. The van der Waals surface area contributed by atoms with Crippen molar-refractivity contribution in [3.63, 3.8) is 0 Å². The molecule has 52 valence electrons. The van der Waals surface area contributed by atoms with Gasteiger partial charge in [0, 0.05) is 0 Å². The van der Waals surface area contributed by atoms with Crippen molar-refractivity contribution < 1.29 is 4.52 Å². The first-order chi connectivity index (χ1) is 4.43. The van der Waals surface area contributed by atoms with Gasteiger partial charge in [0.25, 0.3) is 0 Å². The molecule has 1 aliphatic carbocycles. The van der Waals surface area contributed by atoms with Crippen molar-refractivity contribution in [2.45, 2.75) is 38.2 Å². The molecule has 0 aliphatic heterocycles. The van der Waals surface area contributed by atoms with Gasteiger partial charge in [-0.05, 0) is 12.8 Å². The molecule has 0 aromatic rings. The molecule has 0 bridgehead atoms. The Bertz CT molecular complexity index is 91.1. The highest BCUT2D eigenvalue weighted by molar-refractivity contribution is 7.18. The molecule has 1 rings (SSSR count). The van der Waals surface area contributed by atoms with E-state index in [9.17, 15) is 0 Å². The lowest BCUT2D eigenvalue weighted by Gasteiger charge is -2.18. The number of hydrogen-bond acceptors (Lipinski definition) is 2. The van der Waals surface area contributed by atoms with Gasteiger partial charge >= 0.3 is 0 Å². The Balaban J connectivity index is 2.15. The summed E-state index contributed by atoms with van der Waals surface area (Å²) in [7, 11) is 0.348. The van der Waals surface area contributed by atoms with E-state index in [0.717, 1.165) is 0 Å². The normalized spacial score (nSPS) is 22.7. The molecule has 1 aliphatic rings. The fourth-order valence-electron chi connectivity index (χ4n) is 1.25. The third-order valence-electron chi connectivity index (χ3n) is 1.75. The molecular weight excluding hydrogens is 133 g/mol. The van der Waals surface area contributed by atoms with Crippen molar-refractivity contribution in [2.75, 3.05) is 0 Å². The maximum atomic E-state index is 6.79. The predicted octanol–water partition coefficient (Wildman–Crippen LogP) is 2.96. The van der Waals surface area contributed by atoms with Crippen LogP contribution in [0.3, 0.4) is 0 Å². The molecule has 0 aromatic carbocycles. The average molecular weight is 145 g/mol. The van der Waals surface area contributed by atoms with Gasteiger partial charge in [-0.1, -0.05) is 19.3 Å². The summed E-state index contributed by atoms with van der Waals surface area (Å²) in [5, 5.41) is 6.79. The van der Waals surface area contributed by atoms with Crippen LogP contribution in [0.4, 0.5) is 0 Å². The van der Waals surface area contributed by atoms with Gasteiger partial charge < -0.3 is 4.52 Å². The minimum Gasteiger partial charge on any atom is -0.308 e. The SMILES string of the molecule is N=POC1CCCCC1. The van der Waals surface area contributed by atoms with Gasteiger partial charge in [-0.25, -0.2) is 0 Å². The first-order valence-corrected chi connectivity index (χ1v) is 4.27. The van der Waals surface area contributed by atoms with Gasteiger partial charge in [-0.2, -0.15) is 0 Å². The Hall–Kier alpha value is 0.0600. The van der Waals surface area contributed by atoms with Crippen LogP contribution in [-0.2, 0) is 4.52 Å². The molecule has 2 nitrogen and oxygen atoms in total. The molecule has 0 amide bonds.